The van der Waals surface area contributed by atoms with Crippen LogP contribution in [0.4, 0.5) is 4.39 Å². The summed E-state index contributed by atoms with van der Waals surface area (Å²) in [5.41, 5.74) is -1.16. The van der Waals surface area contributed by atoms with Crippen LogP contribution in [-0.2, 0) is 0 Å². The van der Waals surface area contributed by atoms with Gasteiger partial charge in [0.1, 0.15) is 11.6 Å². The van der Waals surface area contributed by atoms with Gasteiger partial charge in [-0.2, -0.15) is 0 Å². The van der Waals surface area contributed by atoms with E-state index in [0.29, 0.717) is 6.42 Å². The van der Waals surface area contributed by atoms with E-state index in [4.69, 9.17) is 0 Å². The van der Waals surface area contributed by atoms with Crippen LogP contribution in [-0.4, -0.2) is 28.3 Å². The number of phenols is 1. The molecule has 0 radical (unpaired) electrons. The van der Waals surface area contributed by atoms with Gasteiger partial charge in [0, 0.05) is 6.54 Å². The molecule has 3 N–H and O–H groups in total. The number of phenolic OH excluding ortho intramolecular Hbond substituents is 1. The molecule has 0 aliphatic heterocycles. The van der Waals surface area contributed by atoms with Crippen molar-refractivity contribution in [3.63, 3.8) is 0 Å². The molecule has 0 saturated carbocycles. The van der Waals surface area contributed by atoms with Crippen molar-refractivity contribution < 1.29 is 19.4 Å². The monoisotopic (exact) mass is 241 g/mol. The predicted molar refractivity (Wildman–Crippen MR) is 61.3 cm³/mol. The molecule has 0 aromatic heterocycles. The number of hydrogen-bond acceptors (Lipinski definition) is 3. The van der Waals surface area contributed by atoms with E-state index in [-0.39, 0.29) is 17.9 Å². The smallest absolute Gasteiger partial charge is 0.255 e. The average Bonchev–Trinajstić information content (AvgIpc) is 2.29. The second-order valence-corrected chi connectivity index (χ2v) is 4.19. The van der Waals surface area contributed by atoms with Gasteiger partial charge in [-0.15, -0.1) is 0 Å². The Morgan fingerprint density at radius 1 is 1.53 bits per heavy atom. The van der Waals surface area contributed by atoms with Crippen LogP contribution in [0.1, 0.15) is 30.6 Å². The van der Waals surface area contributed by atoms with E-state index in [0.717, 1.165) is 18.2 Å². The summed E-state index contributed by atoms with van der Waals surface area (Å²) in [6.07, 6.45) is 0.475. The van der Waals surface area contributed by atoms with Crippen molar-refractivity contribution in [3.05, 3.63) is 29.6 Å². The molecule has 1 aromatic carbocycles. The van der Waals surface area contributed by atoms with Crippen molar-refractivity contribution in [1.82, 2.24) is 5.32 Å². The molecule has 1 rings (SSSR count). The molecule has 94 valence electrons. The molecule has 1 atom stereocenters. The van der Waals surface area contributed by atoms with E-state index >= 15 is 0 Å². The summed E-state index contributed by atoms with van der Waals surface area (Å²) >= 11 is 0. The standard InChI is InChI=1S/C12H16FNO3/c1-3-12(2,17)7-14-11(16)9-6-8(13)4-5-10(9)15/h4-6,15,17H,3,7H2,1-2H3,(H,14,16). The van der Waals surface area contributed by atoms with Crippen LogP contribution in [0.5, 0.6) is 5.75 Å². The first-order valence-electron chi connectivity index (χ1n) is 5.35. The number of benzene rings is 1. The fourth-order valence-corrected chi connectivity index (χ4v) is 1.18. The zero-order valence-electron chi connectivity index (χ0n) is 9.83. The van der Waals surface area contributed by atoms with Crippen molar-refractivity contribution in [3.8, 4) is 5.75 Å². The number of nitrogens with one attached hydrogen (secondary N) is 1. The zero-order chi connectivity index (χ0) is 13.1. The van der Waals surface area contributed by atoms with Gasteiger partial charge >= 0.3 is 0 Å². The summed E-state index contributed by atoms with van der Waals surface area (Å²) in [4.78, 5) is 11.6. The first-order chi connectivity index (χ1) is 7.85. The third-order valence-electron chi connectivity index (χ3n) is 2.59. The van der Waals surface area contributed by atoms with E-state index in [1.807, 2.05) is 0 Å². The quantitative estimate of drug-likeness (QED) is 0.746. The number of amides is 1. The van der Waals surface area contributed by atoms with E-state index in [2.05, 4.69) is 5.32 Å². The molecule has 0 aliphatic carbocycles. The summed E-state index contributed by atoms with van der Waals surface area (Å²) in [6, 6.07) is 3.13. The van der Waals surface area contributed by atoms with Gasteiger partial charge < -0.3 is 15.5 Å². The van der Waals surface area contributed by atoms with Gasteiger partial charge in [0.15, 0.2) is 0 Å². The van der Waals surface area contributed by atoms with Crippen LogP contribution in [0.15, 0.2) is 18.2 Å². The summed E-state index contributed by atoms with van der Waals surface area (Å²) in [5, 5.41) is 21.5. The lowest BCUT2D eigenvalue weighted by molar-refractivity contribution is 0.0517. The summed E-state index contributed by atoms with van der Waals surface area (Å²) in [7, 11) is 0. The number of aromatic hydroxyl groups is 1. The van der Waals surface area contributed by atoms with Crippen LogP contribution in [0.3, 0.4) is 0 Å². The third-order valence-corrected chi connectivity index (χ3v) is 2.59. The first-order valence-corrected chi connectivity index (χ1v) is 5.35. The van der Waals surface area contributed by atoms with Gasteiger partial charge in [0.25, 0.3) is 5.91 Å². The highest BCUT2D eigenvalue weighted by atomic mass is 19.1. The lowest BCUT2D eigenvalue weighted by Gasteiger charge is -2.21. The second kappa shape index (κ2) is 5.14. The SMILES string of the molecule is CCC(C)(O)CNC(=O)c1cc(F)ccc1O. The lowest BCUT2D eigenvalue weighted by atomic mass is 10.0. The van der Waals surface area contributed by atoms with Crippen molar-refractivity contribution >= 4 is 5.91 Å². The van der Waals surface area contributed by atoms with Gasteiger partial charge in [-0.3, -0.25) is 4.79 Å². The molecule has 1 unspecified atom stereocenters. The first kappa shape index (κ1) is 13.4. The Morgan fingerprint density at radius 2 is 2.18 bits per heavy atom. The van der Waals surface area contributed by atoms with Gasteiger partial charge in [0.2, 0.25) is 0 Å². The number of rotatable bonds is 4. The number of carbonyl (C=O) groups excluding carboxylic acids is 1. The van der Waals surface area contributed by atoms with E-state index in [9.17, 15) is 19.4 Å². The summed E-state index contributed by atoms with van der Waals surface area (Å²) in [6.45, 7) is 3.41. The highest BCUT2D eigenvalue weighted by Crippen LogP contribution is 2.17. The Balaban J connectivity index is 2.74. The minimum Gasteiger partial charge on any atom is -0.507 e. The molecule has 0 bridgehead atoms. The van der Waals surface area contributed by atoms with Crippen LogP contribution in [0.25, 0.3) is 0 Å². The van der Waals surface area contributed by atoms with Crippen molar-refractivity contribution in [1.29, 1.82) is 0 Å². The highest BCUT2D eigenvalue weighted by molar-refractivity contribution is 5.96. The van der Waals surface area contributed by atoms with Crippen molar-refractivity contribution in [2.45, 2.75) is 25.9 Å². The summed E-state index contributed by atoms with van der Waals surface area (Å²) < 4.78 is 12.9. The Bertz CT molecular complexity index is 418. The van der Waals surface area contributed by atoms with Crippen LogP contribution >= 0.6 is 0 Å². The van der Waals surface area contributed by atoms with Gasteiger partial charge in [-0.05, 0) is 31.5 Å². The maximum atomic E-state index is 12.9. The fourth-order valence-electron chi connectivity index (χ4n) is 1.18. The molecular formula is C12H16FNO3. The Kier molecular flexibility index (Phi) is 4.07. The minimum atomic E-state index is -1.02. The largest absolute Gasteiger partial charge is 0.507 e. The molecule has 0 fully saturated rings. The van der Waals surface area contributed by atoms with Gasteiger partial charge in [-0.25, -0.2) is 4.39 Å². The Morgan fingerprint density at radius 3 is 2.76 bits per heavy atom. The molecule has 0 saturated heterocycles. The Labute approximate surface area is 99.1 Å². The van der Waals surface area contributed by atoms with Gasteiger partial charge in [-0.1, -0.05) is 6.92 Å². The van der Waals surface area contributed by atoms with Crippen LogP contribution < -0.4 is 5.32 Å². The van der Waals surface area contributed by atoms with Crippen LogP contribution in [0.2, 0.25) is 0 Å². The Hall–Kier alpha value is -1.62. The average molecular weight is 241 g/mol. The van der Waals surface area contributed by atoms with Crippen LogP contribution in [0, 0.1) is 5.82 Å². The number of carbonyl (C=O) groups is 1. The molecular weight excluding hydrogens is 225 g/mol. The molecule has 1 aromatic rings. The molecule has 5 heteroatoms. The van der Waals surface area contributed by atoms with E-state index in [1.54, 1.807) is 13.8 Å². The maximum absolute atomic E-state index is 12.9. The topological polar surface area (TPSA) is 69.6 Å². The molecule has 1 amide bonds. The number of hydrogen-bond donors (Lipinski definition) is 3. The maximum Gasteiger partial charge on any atom is 0.255 e. The van der Waals surface area contributed by atoms with E-state index in [1.165, 1.54) is 0 Å². The summed E-state index contributed by atoms with van der Waals surface area (Å²) in [5.74, 6) is -1.51. The molecule has 4 nitrogen and oxygen atoms in total. The number of halogens is 1. The molecule has 0 aliphatic rings. The highest BCUT2D eigenvalue weighted by Gasteiger charge is 2.20. The van der Waals surface area contributed by atoms with Crippen molar-refractivity contribution in [2.24, 2.45) is 0 Å². The fraction of sp³-hybridized carbons (Fsp3) is 0.417. The zero-order valence-corrected chi connectivity index (χ0v) is 9.83. The third kappa shape index (κ3) is 3.71. The molecule has 17 heavy (non-hydrogen) atoms. The molecule has 0 heterocycles. The lowest BCUT2D eigenvalue weighted by Crippen LogP contribution is -2.40. The van der Waals surface area contributed by atoms with E-state index < -0.39 is 17.3 Å². The second-order valence-electron chi connectivity index (χ2n) is 4.19. The predicted octanol–water partition coefficient (Wildman–Crippen LogP) is 1.42. The minimum absolute atomic E-state index is 0.0400. The number of aliphatic hydroxyl groups is 1. The normalized spacial score (nSPS) is 14.1. The molecule has 0 spiro atoms. The van der Waals surface area contributed by atoms with Gasteiger partial charge in [0.05, 0.1) is 11.2 Å². The van der Waals surface area contributed by atoms with Crippen molar-refractivity contribution in [2.75, 3.05) is 6.54 Å².